The number of aliphatic hydroxyl groups excluding tert-OH is 1. The molecule has 0 heterocycles. The standard InChI is InChI=1S/C14H21N3O4/c1-17(11-6-3-2-4-7-11)9-5-8-15-14(21)16-10-12(18)13(19)20/h2-4,6-7,12,18H,5,8-10H2,1H3,(H,19,20)(H2,15,16,21). The van der Waals surface area contributed by atoms with Crippen LogP contribution in [0.5, 0.6) is 0 Å². The van der Waals surface area contributed by atoms with E-state index in [1.165, 1.54) is 0 Å². The van der Waals surface area contributed by atoms with Crippen LogP contribution in [-0.2, 0) is 4.79 Å². The van der Waals surface area contributed by atoms with E-state index in [-0.39, 0.29) is 6.54 Å². The van der Waals surface area contributed by atoms with Gasteiger partial charge in [0.25, 0.3) is 0 Å². The number of nitrogens with one attached hydrogen (secondary N) is 2. The molecule has 0 saturated carbocycles. The third kappa shape index (κ3) is 6.62. The first-order chi connectivity index (χ1) is 10.0. The van der Waals surface area contributed by atoms with E-state index in [2.05, 4.69) is 15.5 Å². The highest BCUT2D eigenvalue weighted by molar-refractivity contribution is 5.76. The summed E-state index contributed by atoms with van der Waals surface area (Å²) in [4.78, 5) is 23.8. The van der Waals surface area contributed by atoms with Crippen molar-refractivity contribution in [1.82, 2.24) is 10.6 Å². The minimum absolute atomic E-state index is 0.314. The number of hydrogen-bond acceptors (Lipinski definition) is 4. The Labute approximate surface area is 123 Å². The highest BCUT2D eigenvalue weighted by Crippen LogP contribution is 2.10. The zero-order valence-electron chi connectivity index (χ0n) is 12.0. The minimum atomic E-state index is -1.58. The maximum atomic E-state index is 11.3. The van der Waals surface area contributed by atoms with E-state index in [0.717, 1.165) is 18.7 Å². The van der Waals surface area contributed by atoms with E-state index >= 15 is 0 Å². The summed E-state index contributed by atoms with van der Waals surface area (Å²) in [6.45, 7) is 0.930. The minimum Gasteiger partial charge on any atom is -0.479 e. The lowest BCUT2D eigenvalue weighted by Gasteiger charge is -2.19. The van der Waals surface area contributed by atoms with Gasteiger partial charge in [0.1, 0.15) is 0 Å². The molecule has 0 saturated heterocycles. The molecule has 2 amide bonds. The number of aliphatic carboxylic acids is 1. The van der Waals surface area contributed by atoms with E-state index in [1.807, 2.05) is 37.4 Å². The lowest BCUT2D eigenvalue weighted by atomic mass is 10.3. The van der Waals surface area contributed by atoms with Crippen molar-refractivity contribution in [2.75, 3.05) is 31.6 Å². The van der Waals surface area contributed by atoms with Crippen LogP contribution in [0.25, 0.3) is 0 Å². The van der Waals surface area contributed by atoms with Gasteiger partial charge in [-0.3, -0.25) is 0 Å². The summed E-state index contributed by atoms with van der Waals surface area (Å²) in [5, 5.41) is 22.3. The average molecular weight is 295 g/mol. The zero-order chi connectivity index (χ0) is 15.7. The van der Waals surface area contributed by atoms with E-state index in [1.54, 1.807) is 0 Å². The molecule has 21 heavy (non-hydrogen) atoms. The van der Waals surface area contributed by atoms with Crippen molar-refractivity contribution in [3.8, 4) is 0 Å². The van der Waals surface area contributed by atoms with Crippen LogP contribution >= 0.6 is 0 Å². The summed E-state index contributed by atoms with van der Waals surface area (Å²) in [6.07, 6.45) is -0.833. The number of urea groups is 1. The summed E-state index contributed by atoms with van der Waals surface area (Å²) in [5.41, 5.74) is 1.10. The lowest BCUT2D eigenvalue weighted by Crippen LogP contribution is -2.42. The second kappa shape index (κ2) is 8.80. The van der Waals surface area contributed by atoms with Crippen molar-refractivity contribution in [3.05, 3.63) is 30.3 Å². The van der Waals surface area contributed by atoms with Crippen molar-refractivity contribution in [2.24, 2.45) is 0 Å². The molecule has 1 aromatic rings. The van der Waals surface area contributed by atoms with Gasteiger partial charge >= 0.3 is 12.0 Å². The number of carboxylic acids is 1. The molecule has 0 aliphatic heterocycles. The van der Waals surface area contributed by atoms with Crippen LogP contribution < -0.4 is 15.5 Å². The number of carbonyl (C=O) groups is 2. The highest BCUT2D eigenvalue weighted by Gasteiger charge is 2.13. The molecular weight excluding hydrogens is 274 g/mol. The fourth-order valence-corrected chi connectivity index (χ4v) is 1.67. The molecule has 0 aromatic heterocycles. The van der Waals surface area contributed by atoms with Gasteiger partial charge in [0.05, 0.1) is 6.54 Å². The molecule has 7 nitrogen and oxygen atoms in total. The Bertz CT molecular complexity index is 453. The Balaban J connectivity index is 2.13. The molecule has 0 bridgehead atoms. The number of aliphatic hydroxyl groups is 1. The topological polar surface area (TPSA) is 102 Å². The Morgan fingerprint density at radius 2 is 1.90 bits per heavy atom. The molecule has 7 heteroatoms. The Morgan fingerprint density at radius 3 is 2.52 bits per heavy atom. The Hall–Kier alpha value is -2.28. The molecule has 0 aliphatic carbocycles. The van der Waals surface area contributed by atoms with Crippen molar-refractivity contribution in [3.63, 3.8) is 0 Å². The maximum absolute atomic E-state index is 11.3. The molecule has 0 fully saturated rings. The van der Waals surface area contributed by atoms with Gasteiger partial charge in [-0.2, -0.15) is 0 Å². The molecule has 1 unspecified atom stereocenters. The van der Waals surface area contributed by atoms with Gasteiger partial charge in [0.15, 0.2) is 6.10 Å². The normalized spacial score (nSPS) is 11.5. The summed E-state index contributed by atoms with van der Waals surface area (Å²) < 4.78 is 0. The number of carboxylic acid groups (broad SMARTS) is 1. The number of carbonyl (C=O) groups excluding carboxylic acids is 1. The third-order valence-corrected chi connectivity index (χ3v) is 2.89. The second-order valence-electron chi connectivity index (χ2n) is 4.60. The summed E-state index contributed by atoms with van der Waals surface area (Å²) >= 11 is 0. The van der Waals surface area contributed by atoms with Crippen LogP contribution in [0.15, 0.2) is 30.3 Å². The van der Waals surface area contributed by atoms with Gasteiger partial charge in [-0.15, -0.1) is 0 Å². The molecular formula is C14H21N3O4. The number of nitrogens with zero attached hydrogens (tertiary/aromatic N) is 1. The molecule has 0 radical (unpaired) electrons. The van der Waals surface area contributed by atoms with Crippen LogP contribution in [0.1, 0.15) is 6.42 Å². The fourth-order valence-electron chi connectivity index (χ4n) is 1.67. The first-order valence-electron chi connectivity index (χ1n) is 6.69. The number of hydrogen-bond donors (Lipinski definition) is 4. The van der Waals surface area contributed by atoms with Gasteiger partial charge in [-0.25, -0.2) is 9.59 Å². The maximum Gasteiger partial charge on any atom is 0.334 e. The average Bonchev–Trinajstić information content (AvgIpc) is 2.49. The quantitative estimate of drug-likeness (QED) is 0.515. The van der Waals surface area contributed by atoms with Crippen molar-refractivity contribution in [2.45, 2.75) is 12.5 Å². The SMILES string of the molecule is CN(CCCNC(=O)NCC(O)C(=O)O)c1ccccc1. The van der Waals surface area contributed by atoms with Gasteiger partial charge in [-0.05, 0) is 18.6 Å². The molecule has 1 atom stereocenters. The molecule has 0 aliphatic rings. The Morgan fingerprint density at radius 1 is 1.24 bits per heavy atom. The number of para-hydroxylation sites is 1. The van der Waals surface area contributed by atoms with E-state index in [0.29, 0.717) is 6.54 Å². The van der Waals surface area contributed by atoms with E-state index < -0.39 is 18.1 Å². The summed E-state index contributed by atoms with van der Waals surface area (Å²) in [6, 6.07) is 9.41. The van der Waals surface area contributed by atoms with Crippen LogP contribution in [-0.4, -0.2) is 55.0 Å². The highest BCUT2D eigenvalue weighted by atomic mass is 16.4. The van der Waals surface area contributed by atoms with Gasteiger partial charge in [0, 0.05) is 25.8 Å². The number of amides is 2. The molecule has 1 aromatic carbocycles. The van der Waals surface area contributed by atoms with Gasteiger partial charge in [0.2, 0.25) is 0 Å². The zero-order valence-corrected chi connectivity index (χ0v) is 12.0. The van der Waals surface area contributed by atoms with Crippen molar-refractivity contribution >= 4 is 17.7 Å². The first-order valence-corrected chi connectivity index (χ1v) is 6.69. The molecule has 0 spiro atoms. The van der Waals surface area contributed by atoms with Crippen molar-refractivity contribution < 1.29 is 19.8 Å². The Kier molecular flexibility index (Phi) is 7.03. The van der Waals surface area contributed by atoms with Crippen LogP contribution in [0.3, 0.4) is 0 Å². The lowest BCUT2D eigenvalue weighted by molar-refractivity contribution is -0.146. The smallest absolute Gasteiger partial charge is 0.334 e. The molecule has 116 valence electrons. The van der Waals surface area contributed by atoms with Crippen LogP contribution in [0.2, 0.25) is 0 Å². The predicted molar refractivity (Wildman–Crippen MR) is 79.4 cm³/mol. The summed E-state index contributed by atoms with van der Waals surface area (Å²) in [7, 11) is 1.97. The molecule has 1 rings (SSSR count). The van der Waals surface area contributed by atoms with Gasteiger partial charge < -0.3 is 25.7 Å². The van der Waals surface area contributed by atoms with Crippen LogP contribution in [0.4, 0.5) is 10.5 Å². The first kappa shape index (κ1) is 16.8. The summed E-state index contributed by atoms with van der Waals surface area (Å²) in [5.74, 6) is -1.36. The molecule has 4 N–H and O–H groups in total. The van der Waals surface area contributed by atoms with Crippen molar-refractivity contribution in [1.29, 1.82) is 0 Å². The number of rotatable bonds is 8. The van der Waals surface area contributed by atoms with E-state index in [4.69, 9.17) is 10.2 Å². The fraction of sp³-hybridized carbons (Fsp3) is 0.429. The van der Waals surface area contributed by atoms with Crippen LogP contribution in [0, 0.1) is 0 Å². The largest absolute Gasteiger partial charge is 0.479 e. The second-order valence-corrected chi connectivity index (χ2v) is 4.60. The number of anilines is 1. The third-order valence-electron chi connectivity index (χ3n) is 2.89. The monoisotopic (exact) mass is 295 g/mol. The van der Waals surface area contributed by atoms with Gasteiger partial charge in [-0.1, -0.05) is 18.2 Å². The number of benzene rings is 1. The van der Waals surface area contributed by atoms with E-state index in [9.17, 15) is 9.59 Å². The predicted octanol–water partition coefficient (Wildman–Crippen LogP) is 0.258.